The molecule has 2 aromatic rings. The zero-order valence-corrected chi connectivity index (χ0v) is 14.3. The highest BCUT2D eigenvalue weighted by atomic mass is 35.5. The molecular formula is C18H19ClN2O3. The molecule has 0 spiro atoms. The fourth-order valence-electron chi connectivity index (χ4n) is 2.32. The molecule has 1 heterocycles. The number of aromatic nitrogens is 1. The van der Waals surface area contributed by atoms with Gasteiger partial charge in [0.1, 0.15) is 0 Å². The minimum absolute atomic E-state index is 0.0401. The predicted molar refractivity (Wildman–Crippen MR) is 91.9 cm³/mol. The number of aliphatic hydroxyl groups excluding tert-OH is 1. The number of pyridine rings is 1. The molecule has 0 saturated heterocycles. The van der Waals surface area contributed by atoms with Gasteiger partial charge in [-0.05, 0) is 43.7 Å². The molecule has 0 saturated carbocycles. The molecule has 0 bridgehead atoms. The Morgan fingerprint density at radius 1 is 1.21 bits per heavy atom. The summed E-state index contributed by atoms with van der Waals surface area (Å²) in [7, 11) is 0. The van der Waals surface area contributed by atoms with Gasteiger partial charge < -0.3 is 10.4 Å². The van der Waals surface area contributed by atoms with E-state index in [1.54, 1.807) is 43.3 Å². The molecule has 1 aromatic heterocycles. The van der Waals surface area contributed by atoms with Crippen LogP contribution in [0.5, 0.6) is 0 Å². The number of halogens is 1. The van der Waals surface area contributed by atoms with Crippen LogP contribution in [0.3, 0.4) is 0 Å². The number of rotatable bonds is 6. The minimum Gasteiger partial charge on any atom is -0.388 e. The molecule has 5 nitrogen and oxygen atoms in total. The molecule has 2 N–H and O–H groups in total. The molecule has 1 aromatic carbocycles. The zero-order valence-electron chi connectivity index (χ0n) is 13.5. The van der Waals surface area contributed by atoms with E-state index in [1.807, 2.05) is 0 Å². The van der Waals surface area contributed by atoms with Crippen LogP contribution in [-0.4, -0.2) is 21.8 Å². The number of ketones is 1. The third-order valence-corrected chi connectivity index (χ3v) is 3.87. The Bertz CT molecular complexity index is 744. The van der Waals surface area contributed by atoms with Gasteiger partial charge in [-0.15, -0.1) is 0 Å². The van der Waals surface area contributed by atoms with Crippen LogP contribution in [-0.2, 0) is 11.3 Å². The molecule has 0 aliphatic carbocycles. The highest BCUT2D eigenvalue weighted by Crippen LogP contribution is 2.19. The standard InChI is InChI=1S/C18H19ClN2O3/c1-11-16(12(2)22)8-7-15(21-11)10-20-18(24)9-17(23)13-3-5-14(19)6-4-13/h3-8,17,23H,9-10H2,1-2H3,(H,20,24). The van der Waals surface area contributed by atoms with Crippen molar-refractivity contribution in [2.24, 2.45) is 0 Å². The van der Waals surface area contributed by atoms with Crippen molar-refractivity contribution in [3.8, 4) is 0 Å². The highest BCUT2D eigenvalue weighted by molar-refractivity contribution is 6.30. The van der Waals surface area contributed by atoms with Gasteiger partial charge >= 0.3 is 0 Å². The van der Waals surface area contributed by atoms with Gasteiger partial charge in [0.05, 0.1) is 24.8 Å². The van der Waals surface area contributed by atoms with Crippen molar-refractivity contribution >= 4 is 23.3 Å². The number of nitrogens with zero attached hydrogens (tertiary/aromatic N) is 1. The maximum Gasteiger partial charge on any atom is 0.223 e. The molecule has 1 unspecified atom stereocenters. The molecule has 1 atom stereocenters. The number of aliphatic hydroxyl groups is 1. The Labute approximate surface area is 145 Å². The highest BCUT2D eigenvalue weighted by Gasteiger charge is 2.13. The second-order valence-corrected chi connectivity index (χ2v) is 5.98. The van der Waals surface area contributed by atoms with Gasteiger partial charge in [-0.3, -0.25) is 14.6 Å². The van der Waals surface area contributed by atoms with Crippen LogP contribution in [0.2, 0.25) is 5.02 Å². The molecule has 126 valence electrons. The number of carbonyl (C=O) groups excluding carboxylic acids is 2. The van der Waals surface area contributed by atoms with Crippen molar-refractivity contribution < 1.29 is 14.7 Å². The number of hydrogen-bond donors (Lipinski definition) is 2. The van der Waals surface area contributed by atoms with Gasteiger partial charge in [0.2, 0.25) is 5.91 Å². The van der Waals surface area contributed by atoms with Crippen LogP contribution in [0.1, 0.15) is 46.8 Å². The third-order valence-electron chi connectivity index (χ3n) is 3.62. The molecular weight excluding hydrogens is 328 g/mol. The first-order chi connectivity index (χ1) is 11.4. The van der Waals surface area contributed by atoms with Crippen molar-refractivity contribution in [2.75, 3.05) is 0 Å². The molecule has 0 fully saturated rings. The Kier molecular flexibility index (Phi) is 6.06. The van der Waals surface area contributed by atoms with E-state index in [1.165, 1.54) is 6.92 Å². The Morgan fingerprint density at radius 3 is 2.46 bits per heavy atom. The summed E-state index contributed by atoms with van der Waals surface area (Å²) in [6, 6.07) is 10.1. The number of benzene rings is 1. The summed E-state index contributed by atoms with van der Waals surface area (Å²) in [6.45, 7) is 3.49. The van der Waals surface area contributed by atoms with Crippen LogP contribution in [0.25, 0.3) is 0 Å². The fourth-order valence-corrected chi connectivity index (χ4v) is 2.45. The lowest BCUT2D eigenvalue weighted by Gasteiger charge is -2.12. The first-order valence-electron chi connectivity index (χ1n) is 7.54. The van der Waals surface area contributed by atoms with Crippen molar-refractivity contribution in [1.29, 1.82) is 0 Å². The summed E-state index contributed by atoms with van der Waals surface area (Å²) < 4.78 is 0. The summed E-state index contributed by atoms with van der Waals surface area (Å²) in [4.78, 5) is 27.6. The van der Waals surface area contributed by atoms with E-state index >= 15 is 0 Å². The number of carbonyl (C=O) groups is 2. The van der Waals surface area contributed by atoms with Crippen molar-refractivity contribution in [3.05, 3.63) is 63.9 Å². The Hall–Kier alpha value is -2.24. The van der Waals surface area contributed by atoms with Crippen LogP contribution in [0.15, 0.2) is 36.4 Å². The molecule has 6 heteroatoms. The Morgan fingerprint density at radius 2 is 1.88 bits per heavy atom. The topological polar surface area (TPSA) is 79.3 Å². The van der Waals surface area contributed by atoms with Crippen molar-refractivity contribution in [1.82, 2.24) is 10.3 Å². The number of hydrogen-bond acceptors (Lipinski definition) is 4. The summed E-state index contributed by atoms with van der Waals surface area (Å²) in [5.74, 6) is -0.325. The minimum atomic E-state index is -0.892. The van der Waals surface area contributed by atoms with Crippen LogP contribution < -0.4 is 5.32 Å². The molecule has 1 amide bonds. The number of Topliss-reactive ketones (excluding diaryl/α,β-unsaturated/α-hetero) is 1. The van der Waals surface area contributed by atoms with E-state index in [9.17, 15) is 14.7 Å². The van der Waals surface area contributed by atoms with E-state index in [-0.39, 0.29) is 24.7 Å². The summed E-state index contributed by atoms with van der Waals surface area (Å²) >= 11 is 5.79. The third kappa shape index (κ3) is 4.88. The lowest BCUT2D eigenvalue weighted by atomic mass is 10.1. The number of nitrogens with one attached hydrogen (secondary N) is 1. The number of amides is 1. The van der Waals surface area contributed by atoms with Gasteiger partial charge in [-0.1, -0.05) is 23.7 Å². The lowest BCUT2D eigenvalue weighted by Crippen LogP contribution is -2.25. The lowest BCUT2D eigenvalue weighted by molar-refractivity contribution is -0.123. The molecule has 0 aliphatic rings. The van der Waals surface area contributed by atoms with E-state index in [0.717, 1.165) is 0 Å². The zero-order chi connectivity index (χ0) is 17.7. The second kappa shape index (κ2) is 8.04. The average molecular weight is 347 g/mol. The maximum absolute atomic E-state index is 11.9. The van der Waals surface area contributed by atoms with E-state index < -0.39 is 6.10 Å². The molecule has 0 aliphatic heterocycles. The van der Waals surface area contributed by atoms with Crippen LogP contribution in [0.4, 0.5) is 0 Å². The first-order valence-corrected chi connectivity index (χ1v) is 7.92. The van der Waals surface area contributed by atoms with Gasteiger partial charge in [0.15, 0.2) is 5.78 Å². The monoisotopic (exact) mass is 346 g/mol. The fraction of sp³-hybridized carbons (Fsp3) is 0.278. The number of aryl methyl sites for hydroxylation is 1. The Balaban J connectivity index is 1.90. The molecule has 0 radical (unpaired) electrons. The predicted octanol–water partition coefficient (Wildman–Crippen LogP) is 2.99. The van der Waals surface area contributed by atoms with E-state index in [4.69, 9.17) is 11.6 Å². The van der Waals surface area contributed by atoms with Gasteiger partial charge in [0.25, 0.3) is 0 Å². The van der Waals surface area contributed by atoms with Crippen molar-refractivity contribution in [2.45, 2.75) is 32.9 Å². The van der Waals surface area contributed by atoms with Gasteiger partial charge in [-0.2, -0.15) is 0 Å². The first kappa shape index (κ1) is 18.1. The van der Waals surface area contributed by atoms with Gasteiger partial charge in [-0.25, -0.2) is 0 Å². The largest absolute Gasteiger partial charge is 0.388 e. The SMILES string of the molecule is CC(=O)c1ccc(CNC(=O)CC(O)c2ccc(Cl)cc2)nc1C. The summed E-state index contributed by atoms with van der Waals surface area (Å²) in [6.07, 6.45) is -0.941. The smallest absolute Gasteiger partial charge is 0.223 e. The summed E-state index contributed by atoms with van der Waals surface area (Å²) in [5, 5.41) is 13.4. The van der Waals surface area contributed by atoms with Gasteiger partial charge in [0, 0.05) is 16.3 Å². The normalized spacial score (nSPS) is 11.8. The van der Waals surface area contributed by atoms with Crippen LogP contribution in [0, 0.1) is 6.92 Å². The average Bonchev–Trinajstić information content (AvgIpc) is 2.53. The summed E-state index contributed by atoms with van der Waals surface area (Å²) in [5.41, 5.74) is 2.50. The van der Waals surface area contributed by atoms with E-state index in [0.29, 0.717) is 27.5 Å². The molecule has 24 heavy (non-hydrogen) atoms. The quantitative estimate of drug-likeness (QED) is 0.788. The van der Waals surface area contributed by atoms with Crippen molar-refractivity contribution in [3.63, 3.8) is 0 Å². The van der Waals surface area contributed by atoms with E-state index in [2.05, 4.69) is 10.3 Å². The van der Waals surface area contributed by atoms with Crippen LogP contribution >= 0.6 is 11.6 Å². The second-order valence-electron chi connectivity index (χ2n) is 5.54. The maximum atomic E-state index is 11.9. The molecule has 2 rings (SSSR count).